The normalized spacial score (nSPS) is 20.7. The van der Waals surface area contributed by atoms with Crippen LogP contribution in [0.15, 0.2) is 97.1 Å². The smallest absolute Gasteiger partial charge is 0.0975 e. The van der Waals surface area contributed by atoms with Gasteiger partial charge < -0.3 is 0 Å². The van der Waals surface area contributed by atoms with Crippen molar-refractivity contribution in [2.75, 3.05) is 0 Å². The second kappa shape index (κ2) is 7.87. The van der Waals surface area contributed by atoms with Gasteiger partial charge in [0.2, 0.25) is 0 Å². The van der Waals surface area contributed by atoms with Crippen LogP contribution in [0.3, 0.4) is 0 Å². The Bertz CT molecular complexity index is 1450. The summed E-state index contributed by atoms with van der Waals surface area (Å²) in [6, 6.07) is 17.4. The van der Waals surface area contributed by atoms with Gasteiger partial charge in [-0.25, -0.2) is 9.97 Å². The van der Waals surface area contributed by atoms with E-state index in [1.807, 2.05) is 6.08 Å². The Kier molecular flexibility index (Phi) is 4.72. The Hall–Kier alpha value is -3.52. The van der Waals surface area contributed by atoms with Crippen LogP contribution in [-0.2, 0) is 0 Å². The van der Waals surface area contributed by atoms with Crippen molar-refractivity contribution in [3.05, 3.63) is 108 Å². The van der Waals surface area contributed by atoms with Crippen molar-refractivity contribution in [3.8, 4) is 0 Å². The summed E-state index contributed by atoms with van der Waals surface area (Å²) < 4.78 is 0. The Labute approximate surface area is 188 Å². The third-order valence-electron chi connectivity index (χ3n) is 6.94. The lowest BCUT2D eigenvalue weighted by atomic mass is 9.84. The molecule has 2 heterocycles. The molecule has 2 aliphatic rings. The fraction of sp³-hybridized carbons (Fsp3) is 0.200. The van der Waals surface area contributed by atoms with Gasteiger partial charge >= 0.3 is 0 Å². The SMILES string of the molecule is C=CC1=CCC(c2ccc3ccc4c(C5C=CCCC5)c5ccccc5nc4c3n2)C=C1. The number of benzene rings is 2. The van der Waals surface area contributed by atoms with E-state index in [4.69, 9.17) is 9.97 Å². The lowest BCUT2D eigenvalue weighted by Gasteiger charge is -2.21. The zero-order valence-electron chi connectivity index (χ0n) is 18.2. The van der Waals surface area contributed by atoms with E-state index in [0.717, 1.165) is 34.1 Å². The Balaban J connectivity index is 1.59. The molecule has 0 amide bonds. The molecule has 2 heteroatoms. The summed E-state index contributed by atoms with van der Waals surface area (Å²) in [6.45, 7) is 3.88. The van der Waals surface area contributed by atoms with Crippen LogP contribution in [0.25, 0.3) is 32.7 Å². The maximum absolute atomic E-state index is 5.18. The number of para-hydroxylation sites is 1. The highest BCUT2D eigenvalue weighted by Crippen LogP contribution is 2.39. The van der Waals surface area contributed by atoms with Crippen molar-refractivity contribution in [1.29, 1.82) is 0 Å². The lowest BCUT2D eigenvalue weighted by molar-refractivity contribution is 0.660. The Morgan fingerprint density at radius 1 is 0.875 bits per heavy atom. The third kappa shape index (κ3) is 3.18. The second-order valence-corrected chi connectivity index (χ2v) is 8.89. The van der Waals surface area contributed by atoms with E-state index in [-0.39, 0.29) is 0 Å². The number of hydrogen-bond donors (Lipinski definition) is 0. The van der Waals surface area contributed by atoms with Crippen LogP contribution in [0.4, 0.5) is 0 Å². The van der Waals surface area contributed by atoms with Crippen LogP contribution in [0.2, 0.25) is 0 Å². The van der Waals surface area contributed by atoms with Gasteiger partial charge in [-0.1, -0.05) is 79.4 Å². The molecule has 2 aliphatic carbocycles. The summed E-state index contributed by atoms with van der Waals surface area (Å²) in [5.74, 6) is 0.725. The monoisotopic (exact) mass is 414 g/mol. The van der Waals surface area contributed by atoms with E-state index >= 15 is 0 Å². The van der Waals surface area contributed by atoms with Gasteiger partial charge in [-0.2, -0.15) is 0 Å². The van der Waals surface area contributed by atoms with Crippen LogP contribution in [0.1, 0.15) is 48.8 Å². The topological polar surface area (TPSA) is 25.8 Å². The molecule has 0 saturated heterocycles. The molecule has 32 heavy (non-hydrogen) atoms. The largest absolute Gasteiger partial charge is 0.250 e. The predicted molar refractivity (Wildman–Crippen MR) is 135 cm³/mol. The summed E-state index contributed by atoms with van der Waals surface area (Å²) in [4.78, 5) is 10.3. The molecule has 2 atom stereocenters. The first kappa shape index (κ1) is 19.2. The highest BCUT2D eigenvalue weighted by molar-refractivity contribution is 6.09. The van der Waals surface area contributed by atoms with Crippen LogP contribution in [0, 0.1) is 0 Å². The molecule has 2 unspecified atom stereocenters. The highest BCUT2D eigenvalue weighted by Gasteiger charge is 2.20. The predicted octanol–water partition coefficient (Wildman–Crippen LogP) is 7.92. The molecule has 0 fully saturated rings. The first-order valence-electron chi connectivity index (χ1n) is 11.6. The molecule has 0 spiro atoms. The highest BCUT2D eigenvalue weighted by atomic mass is 14.8. The van der Waals surface area contributed by atoms with Gasteiger partial charge in [0.05, 0.1) is 16.6 Å². The molecule has 0 aliphatic heterocycles. The van der Waals surface area contributed by atoms with Crippen molar-refractivity contribution in [1.82, 2.24) is 9.97 Å². The number of allylic oxidation sites excluding steroid dienone is 7. The summed E-state index contributed by atoms with van der Waals surface area (Å²) >= 11 is 0. The zero-order chi connectivity index (χ0) is 21.5. The van der Waals surface area contributed by atoms with Crippen LogP contribution in [0.5, 0.6) is 0 Å². The van der Waals surface area contributed by atoms with Gasteiger partial charge in [0.1, 0.15) is 0 Å². The molecule has 0 N–H and O–H groups in total. The number of rotatable bonds is 3. The quantitative estimate of drug-likeness (QED) is 0.193. The average Bonchev–Trinajstić information content (AvgIpc) is 2.87. The van der Waals surface area contributed by atoms with E-state index in [1.165, 1.54) is 41.2 Å². The van der Waals surface area contributed by atoms with Crippen molar-refractivity contribution < 1.29 is 0 Å². The van der Waals surface area contributed by atoms with Gasteiger partial charge in [-0.05, 0) is 49.0 Å². The van der Waals surface area contributed by atoms with E-state index in [2.05, 4.69) is 85.5 Å². The number of aromatic nitrogens is 2. The molecular weight excluding hydrogens is 388 g/mol. The third-order valence-corrected chi connectivity index (χ3v) is 6.94. The van der Waals surface area contributed by atoms with Crippen LogP contribution >= 0.6 is 0 Å². The maximum atomic E-state index is 5.18. The van der Waals surface area contributed by atoms with Gasteiger partial charge in [0.15, 0.2) is 0 Å². The molecular formula is C30H26N2. The molecule has 156 valence electrons. The first-order valence-corrected chi connectivity index (χ1v) is 11.6. The molecule has 0 radical (unpaired) electrons. The van der Waals surface area contributed by atoms with Gasteiger partial charge in [-0.15, -0.1) is 0 Å². The summed E-state index contributed by atoms with van der Waals surface area (Å²) in [5, 5.41) is 3.66. The Morgan fingerprint density at radius 3 is 2.59 bits per heavy atom. The number of fused-ring (bicyclic) bond motifs is 4. The molecule has 0 bridgehead atoms. The fourth-order valence-electron chi connectivity index (χ4n) is 5.25. The molecule has 4 aromatic rings. The lowest BCUT2D eigenvalue weighted by Crippen LogP contribution is -2.04. The molecule has 2 aromatic heterocycles. The maximum Gasteiger partial charge on any atom is 0.0975 e. The van der Waals surface area contributed by atoms with Gasteiger partial charge in [0, 0.05) is 33.7 Å². The molecule has 6 rings (SSSR count). The Morgan fingerprint density at radius 2 is 1.78 bits per heavy atom. The number of pyridine rings is 2. The molecule has 2 aromatic carbocycles. The van der Waals surface area contributed by atoms with E-state index in [0.29, 0.717) is 11.8 Å². The van der Waals surface area contributed by atoms with Gasteiger partial charge in [-0.3, -0.25) is 0 Å². The standard InChI is InChI=1S/C30H26N2/c1-2-20-12-14-21(15-13-20)26-19-17-23-16-18-25-28(22-8-4-3-5-9-22)24-10-6-7-11-27(24)32-30(25)29(23)31-26/h2,4,6-8,10-14,16-19,21-22H,1,3,5,9,15H2. The van der Waals surface area contributed by atoms with Crippen molar-refractivity contribution in [3.63, 3.8) is 0 Å². The molecule has 0 saturated carbocycles. The minimum atomic E-state index is 0.291. The van der Waals surface area contributed by atoms with Crippen molar-refractivity contribution in [2.45, 2.75) is 37.5 Å². The van der Waals surface area contributed by atoms with E-state index in [1.54, 1.807) is 0 Å². The average molecular weight is 415 g/mol. The minimum absolute atomic E-state index is 0.291. The molecule has 2 nitrogen and oxygen atoms in total. The number of nitrogens with zero attached hydrogens (tertiary/aromatic N) is 2. The van der Waals surface area contributed by atoms with E-state index in [9.17, 15) is 0 Å². The number of hydrogen-bond acceptors (Lipinski definition) is 2. The zero-order valence-corrected chi connectivity index (χ0v) is 18.2. The first-order chi connectivity index (χ1) is 15.8. The van der Waals surface area contributed by atoms with Crippen molar-refractivity contribution in [2.24, 2.45) is 0 Å². The minimum Gasteiger partial charge on any atom is -0.250 e. The summed E-state index contributed by atoms with van der Waals surface area (Å²) in [7, 11) is 0. The summed E-state index contributed by atoms with van der Waals surface area (Å²) in [6.07, 6.45) is 17.8. The van der Waals surface area contributed by atoms with Crippen LogP contribution < -0.4 is 0 Å². The van der Waals surface area contributed by atoms with Crippen molar-refractivity contribution >= 4 is 32.7 Å². The van der Waals surface area contributed by atoms with Crippen LogP contribution in [-0.4, -0.2) is 9.97 Å². The summed E-state index contributed by atoms with van der Waals surface area (Å²) in [5.41, 5.74) is 6.80. The van der Waals surface area contributed by atoms with Gasteiger partial charge in [0.25, 0.3) is 0 Å². The second-order valence-electron chi connectivity index (χ2n) is 8.89. The van der Waals surface area contributed by atoms with E-state index < -0.39 is 0 Å². The fourth-order valence-corrected chi connectivity index (χ4v) is 5.25.